The van der Waals surface area contributed by atoms with Crippen LogP contribution in [0.3, 0.4) is 0 Å². The van der Waals surface area contributed by atoms with Gasteiger partial charge in [0.15, 0.2) is 11.4 Å². The minimum absolute atomic E-state index is 0.867. The molecule has 0 aromatic carbocycles. The molecule has 6 nitrogen and oxygen atoms in total. The maximum Gasteiger partial charge on any atom is 0.329 e. The Labute approximate surface area is 69.0 Å². The third-order valence-corrected chi connectivity index (χ3v) is 2.32. The second kappa shape index (κ2) is 3.64. The molecule has 7 heteroatoms. The maximum absolute atomic E-state index is 10.6. The fourth-order valence-electron chi connectivity index (χ4n) is 0.613. The minimum Gasteiger partial charge on any atom is -0.393 e. The third kappa shape index (κ3) is 3.42. The van der Waals surface area contributed by atoms with Crippen LogP contribution in [0.1, 0.15) is 6.92 Å². The number of aliphatic hydroxyl groups is 2. The van der Waals surface area contributed by atoms with Gasteiger partial charge < -0.3 is 20.0 Å². The Balaban J connectivity index is 4.57. The summed E-state index contributed by atoms with van der Waals surface area (Å²) in [6.07, 6.45) is -1.05. The molecule has 0 rings (SSSR count). The highest BCUT2D eigenvalue weighted by atomic mass is 31.2. The van der Waals surface area contributed by atoms with E-state index >= 15 is 0 Å². The standard InChI is InChI=1S/C5H11O6P/c1-4(7)5(8,2-6)3-12(9,10)11/h6,8H,2-3H2,1H3,(H2,9,10,11). The van der Waals surface area contributed by atoms with Crippen LogP contribution in [0.15, 0.2) is 0 Å². The van der Waals surface area contributed by atoms with Crippen LogP contribution < -0.4 is 0 Å². The molecule has 0 aliphatic heterocycles. The number of hydrogen-bond acceptors (Lipinski definition) is 4. The van der Waals surface area contributed by atoms with Gasteiger partial charge in [-0.05, 0) is 6.92 Å². The Hall–Kier alpha value is -0.260. The number of rotatable bonds is 4. The van der Waals surface area contributed by atoms with Crippen molar-refractivity contribution >= 4 is 13.4 Å². The number of aliphatic hydroxyl groups excluding tert-OH is 1. The van der Waals surface area contributed by atoms with Crippen molar-refractivity contribution in [2.75, 3.05) is 12.8 Å². The Morgan fingerprint density at radius 2 is 1.92 bits per heavy atom. The summed E-state index contributed by atoms with van der Waals surface area (Å²) in [5.41, 5.74) is -2.32. The summed E-state index contributed by atoms with van der Waals surface area (Å²) in [6.45, 7) is -0.0423. The molecule has 0 fully saturated rings. The highest BCUT2D eigenvalue weighted by Crippen LogP contribution is 2.38. The second-order valence-corrected chi connectivity index (χ2v) is 4.21. The zero-order valence-corrected chi connectivity index (χ0v) is 7.36. The number of carbonyl (C=O) groups excluding carboxylic acids is 1. The molecule has 0 saturated heterocycles. The van der Waals surface area contributed by atoms with Crippen molar-refractivity contribution in [1.82, 2.24) is 0 Å². The number of hydrogen-bond donors (Lipinski definition) is 4. The van der Waals surface area contributed by atoms with E-state index in [0.717, 1.165) is 6.92 Å². The highest BCUT2D eigenvalue weighted by molar-refractivity contribution is 7.51. The van der Waals surface area contributed by atoms with Crippen molar-refractivity contribution in [3.05, 3.63) is 0 Å². The van der Waals surface area contributed by atoms with Gasteiger partial charge in [-0.3, -0.25) is 9.36 Å². The molecule has 0 radical (unpaired) electrons. The van der Waals surface area contributed by atoms with Gasteiger partial charge >= 0.3 is 7.60 Å². The van der Waals surface area contributed by atoms with Gasteiger partial charge in [-0.1, -0.05) is 0 Å². The molecule has 0 bridgehead atoms. The van der Waals surface area contributed by atoms with Crippen LogP contribution in [0.4, 0.5) is 0 Å². The van der Waals surface area contributed by atoms with E-state index in [1.165, 1.54) is 0 Å². The lowest BCUT2D eigenvalue weighted by Crippen LogP contribution is -2.44. The van der Waals surface area contributed by atoms with Crippen molar-refractivity contribution in [3.8, 4) is 0 Å². The lowest BCUT2D eigenvalue weighted by Gasteiger charge is -2.22. The fourth-order valence-corrected chi connectivity index (χ4v) is 1.62. The average Bonchev–Trinajstić information content (AvgIpc) is 1.83. The molecular formula is C5H11O6P. The van der Waals surface area contributed by atoms with Gasteiger partial charge in [-0.2, -0.15) is 0 Å². The summed E-state index contributed by atoms with van der Waals surface area (Å²) in [7, 11) is -4.49. The van der Waals surface area contributed by atoms with Crippen LogP contribution in [0.2, 0.25) is 0 Å². The summed E-state index contributed by atoms with van der Waals surface area (Å²) in [6, 6.07) is 0. The average molecular weight is 198 g/mol. The first-order chi connectivity index (χ1) is 5.21. The van der Waals surface area contributed by atoms with E-state index < -0.39 is 31.7 Å². The summed E-state index contributed by atoms with van der Waals surface area (Å²) in [5, 5.41) is 17.6. The topological polar surface area (TPSA) is 115 Å². The van der Waals surface area contributed by atoms with Gasteiger partial charge in [0.2, 0.25) is 0 Å². The summed E-state index contributed by atoms with van der Waals surface area (Å²) >= 11 is 0. The van der Waals surface area contributed by atoms with E-state index in [1.54, 1.807) is 0 Å². The van der Waals surface area contributed by atoms with Crippen LogP contribution >= 0.6 is 7.60 Å². The van der Waals surface area contributed by atoms with Gasteiger partial charge in [0.25, 0.3) is 0 Å². The molecule has 0 aliphatic carbocycles. The zero-order chi connectivity index (χ0) is 9.99. The number of Topliss-reactive ketones (excluding diaryl/α,β-unsaturated/α-hetero) is 1. The van der Waals surface area contributed by atoms with E-state index in [1.807, 2.05) is 0 Å². The lowest BCUT2D eigenvalue weighted by molar-refractivity contribution is -0.136. The van der Waals surface area contributed by atoms with Crippen LogP contribution in [0.5, 0.6) is 0 Å². The van der Waals surface area contributed by atoms with Crippen LogP contribution in [-0.2, 0) is 9.36 Å². The van der Waals surface area contributed by atoms with E-state index in [0.29, 0.717) is 0 Å². The predicted octanol–water partition coefficient (Wildman–Crippen LogP) is -1.52. The summed E-state index contributed by atoms with van der Waals surface area (Å²) < 4.78 is 10.4. The van der Waals surface area contributed by atoms with E-state index in [2.05, 4.69) is 0 Å². The molecule has 0 saturated carbocycles. The molecular weight excluding hydrogens is 187 g/mol. The minimum atomic E-state index is -4.49. The van der Waals surface area contributed by atoms with Gasteiger partial charge in [0, 0.05) is 0 Å². The normalized spacial score (nSPS) is 17.1. The predicted molar refractivity (Wildman–Crippen MR) is 39.6 cm³/mol. The first-order valence-electron chi connectivity index (χ1n) is 3.10. The van der Waals surface area contributed by atoms with Gasteiger partial charge in [-0.15, -0.1) is 0 Å². The van der Waals surface area contributed by atoms with Crippen LogP contribution in [0, 0.1) is 0 Å². The smallest absolute Gasteiger partial charge is 0.329 e. The molecule has 1 atom stereocenters. The quantitative estimate of drug-likeness (QED) is 0.407. The van der Waals surface area contributed by atoms with E-state index in [-0.39, 0.29) is 0 Å². The molecule has 0 aliphatic rings. The van der Waals surface area contributed by atoms with Gasteiger partial charge in [-0.25, -0.2) is 0 Å². The monoisotopic (exact) mass is 198 g/mol. The van der Waals surface area contributed by atoms with Gasteiger partial charge in [0.1, 0.15) is 0 Å². The molecule has 72 valence electrons. The van der Waals surface area contributed by atoms with Crippen molar-refractivity contribution in [3.63, 3.8) is 0 Å². The summed E-state index contributed by atoms with van der Waals surface area (Å²) in [5.74, 6) is -0.867. The fraction of sp³-hybridized carbons (Fsp3) is 0.800. The van der Waals surface area contributed by atoms with Crippen molar-refractivity contribution in [1.29, 1.82) is 0 Å². The largest absolute Gasteiger partial charge is 0.393 e. The van der Waals surface area contributed by atoms with Crippen LogP contribution in [-0.4, -0.2) is 44.2 Å². The molecule has 0 aromatic heterocycles. The maximum atomic E-state index is 10.6. The molecule has 12 heavy (non-hydrogen) atoms. The SMILES string of the molecule is CC(=O)C(O)(CO)CP(=O)(O)O. The summed E-state index contributed by atoms with van der Waals surface area (Å²) in [4.78, 5) is 27.5. The Morgan fingerprint density at radius 1 is 1.50 bits per heavy atom. The molecule has 0 spiro atoms. The molecule has 0 amide bonds. The third-order valence-electron chi connectivity index (χ3n) is 1.38. The first-order valence-corrected chi connectivity index (χ1v) is 4.90. The Kier molecular flexibility index (Phi) is 3.56. The molecule has 0 heterocycles. The second-order valence-electron chi connectivity index (χ2n) is 2.57. The number of carbonyl (C=O) groups is 1. The van der Waals surface area contributed by atoms with Crippen molar-refractivity contribution in [2.45, 2.75) is 12.5 Å². The van der Waals surface area contributed by atoms with Gasteiger partial charge in [0.05, 0.1) is 12.8 Å². The van der Waals surface area contributed by atoms with Crippen molar-refractivity contribution in [2.24, 2.45) is 0 Å². The Morgan fingerprint density at radius 3 is 2.00 bits per heavy atom. The zero-order valence-electron chi connectivity index (χ0n) is 6.47. The number of ketones is 1. The van der Waals surface area contributed by atoms with Crippen LogP contribution in [0.25, 0.3) is 0 Å². The molecule has 4 N–H and O–H groups in total. The first kappa shape index (κ1) is 11.7. The molecule has 0 aromatic rings. The van der Waals surface area contributed by atoms with E-state index in [4.69, 9.17) is 20.0 Å². The van der Waals surface area contributed by atoms with Crippen molar-refractivity contribution < 1.29 is 29.4 Å². The lowest BCUT2D eigenvalue weighted by atomic mass is 10.0. The Bertz CT molecular complexity index is 220. The molecule has 1 unspecified atom stereocenters. The highest BCUT2D eigenvalue weighted by Gasteiger charge is 2.38. The van der Waals surface area contributed by atoms with E-state index in [9.17, 15) is 9.36 Å².